The van der Waals surface area contributed by atoms with Gasteiger partial charge in [0.25, 0.3) is 5.69 Å². The number of amides is 1. The third kappa shape index (κ3) is 3.81. The topological polar surface area (TPSA) is 99.3 Å². The molecule has 0 radical (unpaired) electrons. The molecular formula is C19H18N4O3. The monoisotopic (exact) mass is 350 g/mol. The molecule has 0 atom stereocenters. The molecule has 1 amide bonds. The maximum absolute atomic E-state index is 12.4. The molecule has 2 aromatic rings. The summed E-state index contributed by atoms with van der Waals surface area (Å²) in [5.74, 6) is -0.144. The Bertz CT molecular complexity index is 853. The summed E-state index contributed by atoms with van der Waals surface area (Å²) in [6.45, 7) is 1.11. The van der Waals surface area contributed by atoms with Gasteiger partial charge in [0.2, 0.25) is 5.91 Å². The number of piperidine rings is 1. The number of nitrogens with zero attached hydrogens (tertiary/aromatic N) is 3. The number of nitrogens with one attached hydrogen (secondary N) is 1. The Kier molecular flexibility index (Phi) is 5.13. The summed E-state index contributed by atoms with van der Waals surface area (Å²) < 4.78 is 0. The minimum Gasteiger partial charge on any atom is -0.366 e. The van der Waals surface area contributed by atoms with E-state index >= 15 is 0 Å². The normalized spacial score (nSPS) is 14.5. The van der Waals surface area contributed by atoms with E-state index in [9.17, 15) is 14.9 Å². The number of carbonyl (C=O) groups excluding carboxylic acids is 1. The van der Waals surface area contributed by atoms with Crippen molar-refractivity contribution >= 4 is 23.0 Å². The van der Waals surface area contributed by atoms with Crippen LogP contribution in [0.25, 0.3) is 0 Å². The summed E-state index contributed by atoms with van der Waals surface area (Å²) in [7, 11) is 0. The number of rotatable bonds is 4. The molecule has 0 saturated carbocycles. The highest BCUT2D eigenvalue weighted by molar-refractivity contribution is 5.92. The fourth-order valence-corrected chi connectivity index (χ4v) is 3.16. The van der Waals surface area contributed by atoms with Crippen molar-refractivity contribution in [2.45, 2.75) is 12.8 Å². The van der Waals surface area contributed by atoms with Gasteiger partial charge in [0.05, 0.1) is 16.6 Å². The fraction of sp³-hybridized carbons (Fsp3) is 0.263. The van der Waals surface area contributed by atoms with E-state index in [0.717, 1.165) is 5.69 Å². The van der Waals surface area contributed by atoms with E-state index in [2.05, 4.69) is 5.32 Å². The molecule has 7 heteroatoms. The zero-order valence-corrected chi connectivity index (χ0v) is 14.1. The van der Waals surface area contributed by atoms with Crippen molar-refractivity contribution in [2.24, 2.45) is 5.92 Å². The molecule has 0 aromatic heterocycles. The molecule has 0 bridgehead atoms. The van der Waals surface area contributed by atoms with Crippen LogP contribution in [0.15, 0.2) is 48.5 Å². The predicted octanol–water partition coefficient (Wildman–Crippen LogP) is 3.32. The smallest absolute Gasteiger partial charge is 0.293 e. The number of nitriles is 1. The molecular weight excluding hydrogens is 332 g/mol. The molecule has 0 spiro atoms. The van der Waals surface area contributed by atoms with Crippen LogP contribution in [0.1, 0.15) is 18.4 Å². The highest BCUT2D eigenvalue weighted by Gasteiger charge is 2.28. The number of benzene rings is 2. The highest BCUT2D eigenvalue weighted by Crippen LogP contribution is 2.32. The van der Waals surface area contributed by atoms with Crippen molar-refractivity contribution in [3.05, 3.63) is 64.2 Å². The van der Waals surface area contributed by atoms with Crippen LogP contribution < -0.4 is 10.2 Å². The van der Waals surface area contributed by atoms with Crippen LogP contribution in [-0.2, 0) is 4.79 Å². The molecule has 0 unspecified atom stereocenters. The van der Waals surface area contributed by atoms with Gasteiger partial charge in [-0.25, -0.2) is 0 Å². The van der Waals surface area contributed by atoms with Crippen molar-refractivity contribution in [2.75, 3.05) is 23.3 Å². The summed E-state index contributed by atoms with van der Waals surface area (Å²) in [5, 5.41) is 23.2. The summed E-state index contributed by atoms with van der Waals surface area (Å²) in [4.78, 5) is 25.1. The second-order valence-corrected chi connectivity index (χ2v) is 6.19. The second-order valence-electron chi connectivity index (χ2n) is 6.19. The Balaban J connectivity index is 1.66. The minimum absolute atomic E-state index is 0.0230. The molecule has 1 fully saturated rings. The van der Waals surface area contributed by atoms with Gasteiger partial charge < -0.3 is 10.2 Å². The predicted molar refractivity (Wildman–Crippen MR) is 97.8 cm³/mol. The number of para-hydroxylation sites is 1. The van der Waals surface area contributed by atoms with Gasteiger partial charge >= 0.3 is 0 Å². The lowest BCUT2D eigenvalue weighted by atomic mass is 9.95. The van der Waals surface area contributed by atoms with Gasteiger partial charge in [-0.15, -0.1) is 0 Å². The van der Waals surface area contributed by atoms with Crippen LogP contribution in [0.3, 0.4) is 0 Å². The second kappa shape index (κ2) is 7.66. The van der Waals surface area contributed by atoms with Crippen LogP contribution >= 0.6 is 0 Å². The van der Waals surface area contributed by atoms with Crippen LogP contribution in [-0.4, -0.2) is 23.9 Å². The van der Waals surface area contributed by atoms with Gasteiger partial charge in [0, 0.05) is 30.8 Å². The standard InChI is InChI=1S/C19H18N4O3/c20-13-14-6-7-17(18(12-14)23(25)26)22-10-8-15(9-11-22)19(24)21-16-4-2-1-3-5-16/h1-7,12,15H,8-11H2,(H,21,24). The fourth-order valence-electron chi connectivity index (χ4n) is 3.16. The molecule has 1 N–H and O–H groups in total. The van der Waals surface area contributed by atoms with Crippen LogP contribution in [0, 0.1) is 27.4 Å². The quantitative estimate of drug-likeness (QED) is 0.673. The SMILES string of the molecule is N#Cc1ccc(N2CCC(C(=O)Nc3ccccc3)CC2)c([N+](=O)[O-])c1. The summed E-state index contributed by atoms with van der Waals surface area (Å²) in [6.07, 6.45) is 1.24. The largest absolute Gasteiger partial charge is 0.366 e. The van der Waals surface area contributed by atoms with E-state index in [4.69, 9.17) is 5.26 Å². The zero-order chi connectivity index (χ0) is 18.5. The molecule has 132 valence electrons. The maximum Gasteiger partial charge on any atom is 0.293 e. The van der Waals surface area contributed by atoms with Gasteiger partial charge in [-0.05, 0) is 37.1 Å². The molecule has 26 heavy (non-hydrogen) atoms. The summed E-state index contributed by atoms with van der Waals surface area (Å²) >= 11 is 0. The molecule has 1 heterocycles. The number of hydrogen-bond acceptors (Lipinski definition) is 5. The Morgan fingerprint density at radius 2 is 1.88 bits per heavy atom. The molecule has 7 nitrogen and oxygen atoms in total. The van der Waals surface area contributed by atoms with Crippen molar-refractivity contribution in [3.8, 4) is 6.07 Å². The van der Waals surface area contributed by atoms with E-state index in [-0.39, 0.29) is 23.1 Å². The lowest BCUT2D eigenvalue weighted by Gasteiger charge is -2.32. The van der Waals surface area contributed by atoms with Gasteiger partial charge in [-0.2, -0.15) is 5.26 Å². The lowest BCUT2D eigenvalue weighted by Crippen LogP contribution is -2.38. The van der Waals surface area contributed by atoms with Crippen molar-refractivity contribution in [1.29, 1.82) is 5.26 Å². The molecule has 2 aromatic carbocycles. The van der Waals surface area contributed by atoms with Gasteiger partial charge in [-0.1, -0.05) is 18.2 Å². The first-order valence-electron chi connectivity index (χ1n) is 8.38. The van der Waals surface area contributed by atoms with E-state index in [0.29, 0.717) is 31.6 Å². The molecule has 1 aliphatic rings. The highest BCUT2D eigenvalue weighted by atomic mass is 16.6. The van der Waals surface area contributed by atoms with Crippen LogP contribution in [0.5, 0.6) is 0 Å². The number of carbonyl (C=O) groups is 1. The molecule has 1 aliphatic heterocycles. The van der Waals surface area contributed by atoms with E-state index in [1.54, 1.807) is 12.1 Å². The third-order valence-electron chi connectivity index (χ3n) is 4.55. The van der Waals surface area contributed by atoms with E-state index < -0.39 is 4.92 Å². The first-order chi connectivity index (χ1) is 12.6. The van der Waals surface area contributed by atoms with Crippen LogP contribution in [0.4, 0.5) is 17.1 Å². The maximum atomic E-state index is 12.4. The third-order valence-corrected chi connectivity index (χ3v) is 4.55. The number of hydrogen-bond donors (Lipinski definition) is 1. The Morgan fingerprint density at radius 1 is 1.19 bits per heavy atom. The van der Waals surface area contributed by atoms with Crippen molar-refractivity contribution in [1.82, 2.24) is 0 Å². The van der Waals surface area contributed by atoms with Gasteiger partial charge in [0.15, 0.2) is 0 Å². The lowest BCUT2D eigenvalue weighted by molar-refractivity contribution is -0.384. The minimum atomic E-state index is -0.468. The van der Waals surface area contributed by atoms with E-state index in [1.807, 2.05) is 41.3 Å². The van der Waals surface area contributed by atoms with Gasteiger partial charge in [0.1, 0.15) is 5.69 Å². The summed E-state index contributed by atoms with van der Waals surface area (Å²) in [6, 6.07) is 15.7. The Hall–Kier alpha value is -3.40. The summed E-state index contributed by atoms with van der Waals surface area (Å²) in [5.41, 5.74) is 1.45. The Morgan fingerprint density at radius 3 is 2.50 bits per heavy atom. The molecule has 3 rings (SSSR count). The molecule has 1 saturated heterocycles. The molecule has 0 aliphatic carbocycles. The number of nitro benzene ring substituents is 1. The van der Waals surface area contributed by atoms with E-state index in [1.165, 1.54) is 6.07 Å². The first kappa shape index (κ1) is 17.4. The average Bonchev–Trinajstić information content (AvgIpc) is 2.68. The van der Waals surface area contributed by atoms with Crippen LogP contribution in [0.2, 0.25) is 0 Å². The van der Waals surface area contributed by atoms with Gasteiger partial charge in [-0.3, -0.25) is 14.9 Å². The van der Waals surface area contributed by atoms with Crippen molar-refractivity contribution < 1.29 is 9.72 Å². The Labute approximate surface area is 151 Å². The number of anilines is 2. The first-order valence-corrected chi connectivity index (χ1v) is 8.38. The average molecular weight is 350 g/mol. The number of nitro groups is 1. The zero-order valence-electron chi connectivity index (χ0n) is 14.1. The van der Waals surface area contributed by atoms with Crippen molar-refractivity contribution in [3.63, 3.8) is 0 Å².